The third-order valence-corrected chi connectivity index (χ3v) is 3.34. The van der Waals surface area contributed by atoms with Crippen molar-refractivity contribution in [1.82, 2.24) is 4.98 Å². The van der Waals surface area contributed by atoms with E-state index >= 15 is 0 Å². The first-order valence-electron chi connectivity index (χ1n) is 5.22. The van der Waals surface area contributed by atoms with Gasteiger partial charge in [-0.3, -0.25) is 0 Å². The van der Waals surface area contributed by atoms with E-state index < -0.39 is 11.8 Å². The zero-order chi connectivity index (χ0) is 13.0. The van der Waals surface area contributed by atoms with Crippen LogP contribution in [0.15, 0.2) is 47.6 Å². The second-order valence-corrected chi connectivity index (χ2v) is 4.55. The van der Waals surface area contributed by atoms with Gasteiger partial charge in [0.15, 0.2) is 0 Å². The molecule has 2 rings (SSSR count). The third kappa shape index (κ3) is 3.07. The number of aromatic nitrogens is 1. The predicted octanol–water partition coefficient (Wildman–Crippen LogP) is 3.21. The standard InChI is InChI=1S/C13H10FNO2S/c14-10-6-11(13(16)17)12(15-7-10)18-8-9-4-2-1-3-5-9/h1-7H,8H2,(H,16,17). The summed E-state index contributed by atoms with van der Waals surface area (Å²) in [6.45, 7) is 0. The van der Waals surface area contributed by atoms with E-state index in [9.17, 15) is 9.18 Å². The zero-order valence-corrected chi connectivity index (χ0v) is 10.2. The van der Waals surface area contributed by atoms with Gasteiger partial charge in [0, 0.05) is 5.75 Å². The summed E-state index contributed by atoms with van der Waals surface area (Å²) in [5.41, 5.74) is 0.959. The lowest BCUT2D eigenvalue weighted by Gasteiger charge is -2.04. The maximum atomic E-state index is 12.9. The number of carboxylic acids is 1. The molecule has 1 heterocycles. The van der Waals surface area contributed by atoms with Gasteiger partial charge in [-0.05, 0) is 11.6 Å². The Morgan fingerprint density at radius 3 is 2.72 bits per heavy atom. The van der Waals surface area contributed by atoms with Gasteiger partial charge in [0.2, 0.25) is 0 Å². The molecule has 0 radical (unpaired) electrons. The Morgan fingerprint density at radius 1 is 1.33 bits per heavy atom. The van der Waals surface area contributed by atoms with E-state index in [-0.39, 0.29) is 5.56 Å². The summed E-state index contributed by atoms with van der Waals surface area (Å²) in [5, 5.41) is 9.29. The monoisotopic (exact) mass is 263 g/mol. The number of pyridine rings is 1. The van der Waals surface area contributed by atoms with Crippen molar-refractivity contribution >= 4 is 17.7 Å². The first-order chi connectivity index (χ1) is 8.66. The first kappa shape index (κ1) is 12.6. The van der Waals surface area contributed by atoms with E-state index in [1.54, 1.807) is 0 Å². The number of hydrogen-bond acceptors (Lipinski definition) is 3. The molecule has 0 spiro atoms. The van der Waals surface area contributed by atoms with Crippen molar-refractivity contribution in [2.24, 2.45) is 0 Å². The average Bonchev–Trinajstić information content (AvgIpc) is 2.38. The van der Waals surface area contributed by atoms with E-state index in [0.717, 1.165) is 17.8 Å². The Hall–Kier alpha value is -1.88. The molecule has 3 nitrogen and oxygen atoms in total. The Labute approximate surface area is 108 Å². The molecule has 1 N–H and O–H groups in total. The molecule has 0 aliphatic heterocycles. The largest absolute Gasteiger partial charge is 0.478 e. The molecule has 2 aromatic rings. The van der Waals surface area contributed by atoms with Crippen LogP contribution >= 0.6 is 11.8 Å². The first-order valence-corrected chi connectivity index (χ1v) is 6.21. The molecule has 0 saturated carbocycles. The molecule has 92 valence electrons. The molecular weight excluding hydrogens is 253 g/mol. The molecule has 0 aliphatic rings. The second kappa shape index (κ2) is 5.64. The van der Waals surface area contributed by atoms with Crippen molar-refractivity contribution in [1.29, 1.82) is 0 Å². The quantitative estimate of drug-likeness (QED) is 0.860. The smallest absolute Gasteiger partial charge is 0.338 e. The van der Waals surface area contributed by atoms with Crippen LogP contribution in [0.5, 0.6) is 0 Å². The molecule has 0 atom stereocenters. The molecule has 5 heteroatoms. The topological polar surface area (TPSA) is 50.2 Å². The number of aromatic carboxylic acids is 1. The third-order valence-electron chi connectivity index (χ3n) is 2.27. The molecule has 0 bridgehead atoms. The van der Waals surface area contributed by atoms with Gasteiger partial charge in [0.1, 0.15) is 10.8 Å². The fraction of sp³-hybridized carbons (Fsp3) is 0.0769. The summed E-state index contributed by atoms with van der Waals surface area (Å²) in [5.74, 6) is -1.21. The summed E-state index contributed by atoms with van der Waals surface area (Å²) in [6, 6.07) is 10.6. The Morgan fingerprint density at radius 2 is 2.06 bits per heavy atom. The number of hydrogen-bond donors (Lipinski definition) is 1. The summed E-state index contributed by atoms with van der Waals surface area (Å²) >= 11 is 1.28. The lowest BCUT2D eigenvalue weighted by molar-refractivity contribution is 0.0691. The summed E-state index contributed by atoms with van der Waals surface area (Å²) in [6.07, 6.45) is 1.03. The number of benzene rings is 1. The summed E-state index contributed by atoms with van der Waals surface area (Å²) in [7, 11) is 0. The second-order valence-electron chi connectivity index (χ2n) is 3.59. The highest BCUT2D eigenvalue weighted by Gasteiger charge is 2.13. The Kier molecular flexibility index (Phi) is 3.94. The zero-order valence-electron chi connectivity index (χ0n) is 9.34. The number of halogens is 1. The van der Waals surface area contributed by atoms with Crippen molar-refractivity contribution in [3.05, 3.63) is 59.5 Å². The number of carboxylic acid groups (broad SMARTS) is 1. The van der Waals surface area contributed by atoms with Crippen LogP contribution in [0, 0.1) is 5.82 Å². The van der Waals surface area contributed by atoms with Gasteiger partial charge in [0.25, 0.3) is 0 Å². The van der Waals surface area contributed by atoms with Gasteiger partial charge in [-0.2, -0.15) is 0 Å². The van der Waals surface area contributed by atoms with E-state index in [1.807, 2.05) is 30.3 Å². The van der Waals surface area contributed by atoms with Crippen LogP contribution in [0.2, 0.25) is 0 Å². The molecule has 0 aliphatic carbocycles. The van der Waals surface area contributed by atoms with E-state index in [1.165, 1.54) is 11.8 Å². The summed E-state index contributed by atoms with van der Waals surface area (Å²) < 4.78 is 12.9. The normalized spacial score (nSPS) is 10.3. The van der Waals surface area contributed by atoms with Gasteiger partial charge in [-0.15, -0.1) is 11.8 Å². The van der Waals surface area contributed by atoms with Crippen LogP contribution < -0.4 is 0 Å². The van der Waals surface area contributed by atoms with Crippen LogP contribution in [0.1, 0.15) is 15.9 Å². The van der Waals surface area contributed by atoms with Crippen LogP contribution in [-0.2, 0) is 5.75 Å². The molecule has 0 fully saturated rings. The predicted molar refractivity (Wildman–Crippen MR) is 67.2 cm³/mol. The van der Waals surface area contributed by atoms with Gasteiger partial charge in [-0.1, -0.05) is 30.3 Å². The van der Waals surface area contributed by atoms with Gasteiger partial charge >= 0.3 is 5.97 Å². The highest BCUT2D eigenvalue weighted by Crippen LogP contribution is 2.24. The lowest BCUT2D eigenvalue weighted by Crippen LogP contribution is -2.02. The van der Waals surface area contributed by atoms with E-state index in [2.05, 4.69) is 4.98 Å². The van der Waals surface area contributed by atoms with Crippen molar-refractivity contribution in [2.75, 3.05) is 0 Å². The molecule has 1 aromatic carbocycles. The van der Waals surface area contributed by atoms with E-state index in [4.69, 9.17) is 5.11 Å². The molecule has 0 saturated heterocycles. The van der Waals surface area contributed by atoms with Gasteiger partial charge < -0.3 is 5.11 Å². The SMILES string of the molecule is O=C(O)c1cc(F)cnc1SCc1ccccc1. The fourth-order valence-electron chi connectivity index (χ4n) is 1.42. The molecule has 0 amide bonds. The van der Waals surface area contributed by atoms with Crippen molar-refractivity contribution in [2.45, 2.75) is 10.8 Å². The van der Waals surface area contributed by atoms with Crippen LogP contribution in [0.4, 0.5) is 4.39 Å². The minimum Gasteiger partial charge on any atom is -0.478 e. The lowest BCUT2D eigenvalue weighted by atomic mass is 10.2. The number of thioether (sulfide) groups is 1. The van der Waals surface area contributed by atoms with Crippen molar-refractivity contribution in [3.63, 3.8) is 0 Å². The van der Waals surface area contributed by atoms with Crippen LogP contribution in [0.25, 0.3) is 0 Å². The fourth-order valence-corrected chi connectivity index (χ4v) is 2.35. The maximum Gasteiger partial charge on any atom is 0.338 e. The molecule has 18 heavy (non-hydrogen) atoms. The minimum atomic E-state index is -1.17. The molecule has 0 unspecified atom stereocenters. The molecule has 1 aromatic heterocycles. The van der Waals surface area contributed by atoms with Crippen LogP contribution in [0.3, 0.4) is 0 Å². The van der Waals surface area contributed by atoms with Crippen molar-refractivity contribution < 1.29 is 14.3 Å². The van der Waals surface area contributed by atoms with Gasteiger partial charge in [-0.25, -0.2) is 14.2 Å². The number of nitrogens with zero attached hydrogens (tertiary/aromatic N) is 1. The summed E-state index contributed by atoms with van der Waals surface area (Å²) in [4.78, 5) is 14.8. The highest BCUT2D eigenvalue weighted by molar-refractivity contribution is 7.98. The number of rotatable bonds is 4. The average molecular weight is 263 g/mol. The van der Waals surface area contributed by atoms with Crippen LogP contribution in [-0.4, -0.2) is 16.1 Å². The highest BCUT2D eigenvalue weighted by atomic mass is 32.2. The maximum absolute atomic E-state index is 12.9. The Bertz CT molecular complexity index is 560. The minimum absolute atomic E-state index is 0.101. The van der Waals surface area contributed by atoms with Gasteiger partial charge in [0.05, 0.1) is 11.8 Å². The van der Waals surface area contributed by atoms with Crippen molar-refractivity contribution in [3.8, 4) is 0 Å². The van der Waals surface area contributed by atoms with E-state index in [0.29, 0.717) is 10.8 Å². The molecular formula is C13H10FNO2S. The Balaban J connectivity index is 2.17. The number of carbonyl (C=O) groups is 1.